The minimum absolute atomic E-state index is 0.0202. The van der Waals surface area contributed by atoms with Crippen LogP contribution in [0.1, 0.15) is 52.4 Å². The Hall–Kier alpha value is -2.38. The first-order valence-electron chi connectivity index (χ1n) is 10.7. The molecule has 7 heteroatoms. The monoisotopic (exact) mass is 442 g/mol. The van der Waals surface area contributed by atoms with Crippen LogP contribution in [0.2, 0.25) is 0 Å². The van der Waals surface area contributed by atoms with Crippen LogP contribution < -0.4 is 4.74 Å². The number of nitrogens with zero attached hydrogens (tertiary/aromatic N) is 2. The van der Waals surface area contributed by atoms with Crippen LogP contribution in [0.3, 0.4) is 0 Å². The van der Waals surface area contributed by atoms with Crippen molar-refractivity contribution in [2.24, 2.45) is 0 Å². The Morgan fingerprint density at radius 2 is 1.87 bits per heavy atom. The molecular formula is C24H30N2O4S. The highest BCUT2D eigenvalue weighted by Crippen LogP contribution is 2.32. The zero-order valence-corrected chi connectivity index (χ0v) is 19.4. The van der Waals surface area contributed by atoms with Gasteiger partial charge in [-0.2, -0.15) is 4.31 Å². The van der Waals surface area contributed by atoms with E-state index in [-0.39, 0.29) is 18.0 Å². The molecule has 0 saturated heterocycles. The van der Waals surface area contributed by atoms with Crippen molar-refractivity contribution in [3.63, 3.8) is 0 Å². The standard InChI is InChI=1S/C24H30N2O4S/c1-16-5-7-20(11-17(16)2)24(27)25-14-21-12-19(6-10-23(21)30-15-18(25)3)13-26(22-8-9-22)31(4,28)29/h5-7,10-12,18,22H,8-9,13-15H2,1-4H3. The highest BCUT2D eigenvalue weighted by Gasteiger charge is 2.35. The summed E-state index contributed by atoms with van der Waals surface area (Å²) in [6.07, 6.45) is 3.09. The van der Waals surface area contributed by atoms with E-state index in [1.807, 2.05) is 62.1 Å². The molecule has 0 radical (unpaired) electrons. The molecule has 1 aliphatic heterocycles. The van der Waals surface area contributed by atoms with Crippen LogP contribution in [0.25, 0.3) is 0 Å². The first kappa shape index (κ1) is 21.8. The molecule has 1 fully saturated rings. The number of carbonyl (C=O) groups is 1. The Morgan fingerprint density at radius 1 is 1.13 bits per heavy atom. The zero-order valence-electron chi connectivity index (χ0n) is 18.6. The lowest BCUT2D eigenvalue weighted by molar-refractivity contribution is 0.0645. The van der Waals surface area contributed by atoms with Crippen LogP contribution in [-0.4, -0.2) is 48.5 Å². The number of hydrogen-bond donors (Lipinski definition) is 0. The minimum atomic E-state index is -3.27. The van der Waals surface area contributed by atoms with Gasteiger partial charge >= 0.3 is 0 Å². The topological polar surface area (TPSA) is 66.9 Å². The van der Waals surface area contributed by atoms with Gasteiger partial charge in [-0.05, 0) is 74.6 Å². The Labute approximate surface area is 184 Å². The zero-order chi connectivity index (χ0) is 22.3. The van der Waals surface area contributed by atoms with Crippen molar-refractivity contribution in [1.29, 1.82) is 0 Å². The average molecular weight is 443 g/mol. The number of aryl methyl sites for hydroxylation is 2. The lowest BCUT2D eigenvalue weighted by atomic mass is 10.0. The van der Waals surface area contributed by atoms with Gasteiger partial charge in [0.15, 0.2) is 0 Å². The Kier molecular flexibility index (Phi) is 5.83. The van der Waals surface area contributed by atoms with Gasteiger partial charge < -0.3 is 9.64 Å². The Morgan fingerprint density at radius 3 is 2.52 bits per heavy atom. The van der Waals surface area contributed by atoms with E-state index < -0.39 is 10.0 Å². The van der Waals surface area contributed by atoms with E-state index in [4.69, 9.17) is 4.74 Å². The largest absolute Gasteiger partial charge is 0.491 e. The molecule has 2 aromatic carbocycles. The fraction of sp³-hybridized carbons (Fsp3) is 0.458. The quantitative estimate of drug-likeness (QED) is 0.709. The Bertz CT molecular complexity index is 1110. The van der Waals surface area contributed by atoms with E-state index in [9.17, 15) is 13.2 Å². The molecule has 1 aliphatic carbocycles. The maximum atomic E-state index is 13.3. The van der Waals surface area contributed by atoms with Gasteiger partial charge in [-0.25, -0.2) is 8.42 Å². The number of amides is 1. The predicted octanol–water partition coefficient (Wildman–Crippen LogP) is 3.65. The number of fused-ring (bicyclic) bond motifs is 1. The molecule has 1 saturated carbocycles. The van der Waals surface area contributed by atoms with E-state index in [1.165, 1.54) is 6.26 Å². The second-order valence-corrected chi connectivity index (χ2v) is 10.8. The highest BCUT2D eigenvalue weighted by atomic mass is 32.2. The lowest BCUT2D eigenvalue weighted by Gasteiger charge is -2.27. The molecule has 2 aliphatic rings. The minimum Gasteiger partial charge on any atom is -0.491 e. The van der Waals surface area contributed by atoms with Crippen LogP contribution >= 0.6 is 0 Å². The van der Waals surface area contributed by atoms with Gasteiger partial charge in [0.25, 0.3) is 5.91 Å². The van der Waals surface area contributed by atoms with E-state index in [0.717, 1.165) is 40.8 Å². The van der Waals surface area contributed by atoms with Gasteiger partial charge in [0, 0.05) is 23.7 Å². The van der Waals surface area contributed by atoms with Crippen LogP contribution in [0.5, 0.6) is 5.75 Å². The third kappa shape index (κ3) is 4.77. The van der Waals surface area contributed by atoms with Gasteiger partial charge in [-0.3, -0.25) is 4.79 Å². The maximum Gasteiger partial charge on any atom is 0.254 e. The lowest BCUT2D eigenvalue weighted by Crippen LogP contribution is -2.39. The molecular weight excluding hydrogens is 412 g/mol. The van der Waals surface area contributed by atoms with Gasteiger partial charge in [-0.15, -0.1) is 0 Å². The van der Waals surface area contributed by atoms with Gasteiger partial charge in [0.1, 0.15) is 12.4 Å². The summed E-state index contributed by atoms with van der Waals surface area (Å²) in [5.74, 6) is 0.733. The molecule has 4 rings (SSSR count). The molecule has 6 nitrogen and oxygen atoms in total. The van der Waals surface area contributed by atoms with Crippen molar-refractivity contribution in [3.8, 4) is 5.75 Å². The normalized spacial score (nSPS) is 19.0. The first-order valence-corrected chi connectivity index (χ1v) is 12.6. The number of sulfonamides is 1. The summed E-state index contributed by atoms with van der Waals surface area (Å²) in [6.45, 7) is 7.22. The molecule has 2 aromatic rings. The summed E-state index contributed by atoms with van der Waals surface area (Å²) in [6, 6.07) is 11.6. The van der Waals surface area contributed by atoms with Crippen molar-refractivity contribution < 1.29 is 17.9 Å². The Balaban J connectivity index is 1.60. The predicted molar refractivity (Wildman–Crippen MR) is 121 cm³/mol. The van der Waals surface area contributed by atoms with Crippen LogP contribution in [0.4, 0.5) is 0 Å². The van der Waals surface area contributed by atoms with E-state index in [1.54, 1.807) is 4.31 Å². The van der Waals surface area contributed by atoms with Crippen molar-refractivity contribution in [2.75, 3.05) is 12.9 Å². The molecule has 166 valence electrons. The second-order valence-electron chi connectivity index (χ2n) is 8.87. The van der Waals surface area contributed by atoms with E-state index >= 15 is 0 Å². The number of ether oxygens (including phenoxy) is 1. The SMILES string of the molecule is Cc1ccc(C(=O)N2Cc3cc(CN(C4CC4)S(C)(=O)=O)ccc3OCC2C)cc1C. The molecule has 1 atom stereocenters. The molecule has 1 amide bonds. The van der Waals surface area contributed by atoms with Gasteiger partial charge in [0.2, 0.25) is 10.0 Å². The molecule has 0 spiro atoms. The van der Waals surface area contributed by atoms with Gasteiger partial charge in [-0.1, -0.05) is 12.1 Å². The summed E-state index contributed by atoms with van der Waals surface area (Å²) in [5.41, 5.74) is 4.74. The van der Waals surface area contributed by atoms with E-state index in [2.05, 4.69) is 0 Å². The highest BCUT2D eigenvalue weighted by molar-refractivity contribution is 7.88. The third-order valence-electron chi connectivity index (χ3n) is 6.21. The maximum absolute atomic E-state index is 13.3. The van der Waals surface area contributed by atoms with Crippen LogP contribution in [0.15, 0.2) is 36.4 Å². The summed E-state index contributed by atoms with van der Waals surface area (Å²) >= 11 is 0. The van der Waals surface area contributed by atoms with E-state index in [0.29, 0.717) is 25.3 Å². The van der Waals surface area contributed by atoms with Gasteiger partial charge in [0.05, 0.1) is 18.8 Å². The first-order chi connectivity index (χ1) is 14.6. The summed E-state index contributed by atoms with van der Waals surface area (Å²) < 4.78 is 32.0. The van der Waals surface area contributed by atoms with Crippen molar-refractivity contribution in [2.45, 2.75) is 58.8 Å². The number of hydrogen-bond acceptors (Lipinski definition) is 4. The summed E-state index contributed by atoms with van der Waals surface area (Å²) in [7, 11) is -3.27. The number of benzene rings is 2. The molecule has 1 heterocycles. The molecule has 0 bridgehead atoms. The molecule has 0 aromatic heterocycles. The fourth-order valence-electron chi connectivity index (χ4n) is 4.01. The summed E-state index contributed by atoms with van der Waals surface area (Å²) in [4.78, 5) is 15.2. The van der Waals surface area contributed by atoms with Crippen molar-refractivity contribution in [3.05, 3.63) is 64.2 Å². The fourth-order valence-corrected chi connectivity index (χ4v) is 5.14. The second kappa shape index (κ2) is 8.28. The third-order valence-corrected chi connectivity index (χ3v) is 7.49. The van der Waals surface area contributed by atoms with Crippen LogP contribution in [-0.2, 0) is 23.1 Å². The summed E-state index contributed by atoms with van der Waals surface area (Å²) in [5, 5.41) is 0. The smallest absolute Gasteiger partial charge is 0.254 e. The number of rotatable bonds is 5. The van der Waals surface area contributed by atoms with Crippen molar-refractivity contribution in [1.82, 2.24) is 9.21 Å². The van der Waals surface area contributed by atoms with Crippen LogP contribution in [0, 0.1) is 13.8 Å². The molecule has 31 heavy (non-hydrogen) atoms. The van der Waals surface area contributed by atoms with Crippen molar-refractivity contribution >= 4 is 15.9 Å². The number of carbonyl (C=O) groups excluding carboxylic acids is 1. The average Bonchev–Trinajstić information content (AvgIpc) is 3.55. The molecule has 1 unspecified atom stereocenters. The molecule has 0 N–H and O–H groups in total.